The quantitative estimate of drug-likeness (QED) is 0.517. The van der Waals surface area contributed by atoms with Crippen molar-refractivity contribution in [3.8, 4) is 0 Å². The molecule has 2 rings (SSSR count). The van der Waals surface area contributed by atoms with Crippen LogP contribution in [0.5, 0.6) is 0 Å². The summed E-state index contributed by atoms with van der Waals surface area (Å²) in [4.78, 5) is 32.7. The smallest absolute Gasteiger partial charge is 0.262 e. The standard InChI is InChI=1S/C21H31N3O2S/c1-8-15(6)24-20(26)17-11-9-10-12-18(17)22-21(24)27-16(7)19(25)23(13(2)3)14(4)5/h9-16H,8H2,1-7H3/t15-,16+/m0/s1. The first-order valence-electron chi connectivity index (χ1n) is 9.69. The van der Waals surface area contributed by atoms with Gasteiger partial charge in [0.25, 0.3) is 5.56 Å². The van der Waals surface area contributed by atoms with Gasteiger partial charge in [0.05, 0.1) is 16.2 Å². The Kier molecular flexibility index (Phi) is 7.09. The number of benzene rings is 1. The van der Waals surface area contributed by atoms with Crippen molar-refractivity contribution in [2.24, 2.45) is 0 Å². The van der Waals surface area contributed by atoms with Crippen LogP contribution in [0.4, 0.5) is 0 Å². The van der Waals surface area contributed by atoms with Crippen LogP contribution in [0.25, 0.3) is 10.9 Å². The maximum atomic E-state index is 13.1. The van der Waals surface area contributed by atoms with Gasteiger partial charge in [-0.25, -0.2) is 4.98 Å². The van der Waals surface area contributed by atoms with E-state index in [4.69, 9.17) is 4.98 Å². The highest BCUT2D eigenvalue weighted by atomic mass is 32.2. The number of aromatic nitrogens is 2. The van der Waals surface area contributed by atoms with Crippen LogP contribution >= 0.6 is 11.8 Å². The summed E-state index contributed by atoms with van der Waals surface area (Å²) in [5, 5.41) is 0.909. The number of thioether (sulfide) groups is 1. The van der Waals surface area contributed by atoms with E-state index < -0.39 is 0 Å². The molecular weight excluding hydrogens is 358 g/mol. The van der Waals surface area contributed by atoms with Gasteiger partial charge in [0, 0.05) is 18.1 Å². The summed E-state index contributed by atoms with van der Waals surface area (Å²) in [5.74, 6) is 0.0723. The molecule has 2 aromatic rings. The van der Waals surface area contributed by atoms with Gasteiger partial charge in [0.2, 0.25) is 5.91 Å². The molecule has 0 aliphatic heterocycles. The monoisotopic (exact) mass is 389 g/mol. The Balaban J connectivity index is 2.48. The minimum Gasteiger partial charge on any atom is -0.337 e. The molecule has 0 bridgehead atoms. The van der Waals surface area contributed by atoms with E-state index in [9.17, 15) is 9.59 Å². The summed E-state index contributed by atoms with van der Waals surface area (Å²) in [7, 11) is 0. The topological polar surface area (TPSA) is 55.2 Å². The van der Waals surface area contributed by atoms with Crippen molar-refractivity contribution in [2.45, 2.75) is 83.4 Å². The van der Waals surface area contributed by atoms with Crippen LogP contribution in [0.2, 0.25) is 0 Å². The fourth-order valence-electron chi connectivity index (χ4n) is 3.30. The molecule has 0 unspecified atom stereocenters. The van der Waals surface area contributed by atoms with Crippen molar-refractivity contribution in [1.82, 2.24) is 14.5 Å². The molecule has 0 spiro atoms. The van der Waals surface area contributed by atoms with E-state index in [1.54, 1.807) is 4.57 Å². The molecular formula is C21H31N3O2S. The number of carbonyl (C=O) groups excluding carboxylic acids is 1. The molecule has 1 heterocycles. The first-order chi connectivity index (χ1) is 12.7. The highest BCUT2D eigenvalue weighted by Gasteiger charge is 2.27. The summed E-state index contributed by atoms with van der Waals surface area (Å²) < 4.78 is 1.74. The number of para-hydroxylation sites is 1. The third-order valence-corrected chi connectivity index (χ3v) is 5.86. The zero-order valence-corrected chi connectivity index (χ0v) is 18.2. The van der Waals surface area contributed by atoms with Gasteiger partial charge < -0.3 is 4.90 Å². The number of amides is 1. The molecule has 148 valence electrons. The van der Waals surface area contributed by atoms with E-state index in [0.717, 1.165) is 6.42 Å². The summed E-state index contributed by atoms with van der Waals surface area (Å²) in [6.07, 6.45) is 0.819. The van der Waals surface area contributed by atoms with Gasteiger partial charge in [0.1, 0.15) is 0 Å². The molecule has 0 saturated carbocycles. The lowest BCUT2D eigenvalue weighted by atomic mass is 10.2. The fraction of sp³-hybridized carbons (Fsp3) is 0.571. The molecule has 1 amide bonds. The van der Waals surface area contributed by atoms with Gasteiger partial charge in [-0.2, -0.15) is 0 Å². The van der Waals surface area contributed by atoms with E-state index in [-0.39, 0.29) is 34.8 Å². The van der Waals surface area contributed by atoms with E-state index in [1.165, 1.54) is 11.8 Å². The number of rotatable bonds is 7. The van der Waals surface area contributed by atoms with Gasteiger partial charge in [-0.05, 0) is 60.1 Å². The molecule has 0 aliphatic carbocycles. The molecule has 6 heteroatoms. The van der Waals surface area contributed by atoms with Crippen molar-refractivity contribution in [1.29, 1.82) is 0 Å². The molecule has 1 aromatic heterocycles. The van der Waals surface area contributed by atoms with Crippen LogP contribution in [0.15, 0.2) is 34.2 Å². The molecule has 0 radical (unpaired) electrons. The summed E-state index contributed by atoms with van der Waals surface area (Å²) in [5.41, 5.74) is 0.635. The van der Waals surface area contributed by atoms with Crippen molar-refractivity contribution in [3.05, 3.63) is 34.6 Å². The van der Waals surface area contributed by atoms with E-state index in [1.807, 2.05) is 70.7 Å². The summed E-state index contributed by atoms with van der Waals surface area (Å²) in [6, 6.07) is 7.67. The predicted molar refractivity (Wildman–Crippen MR) is 113 cm³/mol. The van der Waals surface area contributed by atoms with Gasteiger partial charge in [-0.15, -0.1) is 0 Å². The molecule has 0 fully saturated rings. The second kappa shape index (κ2) is 8.91. The zero-order chi connectivity index (χ0) is 20.3. The van der Waals surface area contributed by atoms with Crippen molar-refractivity contribution < 1.29 is 4.79 Å². The van der Waals surface area contributed by atoms with Gasteiger partial charge in [-0.3, -0.25) is 14.2 Å². The minimum atomic E-state index is -0.321. The average molecular weight is 390 g/mol. The Morgan fingerprint density at radius 3 is 2.26 bits per heavy atom. The average Bonchev–Trinajstić information content (AvgIpc) is 2.60. The Morgan fingerprint density at radius 2 is 1.70 bits per heavy atom. The molecule has 2 atom stereocenters. The van der Waals surface area contributed by atoms with Crippen LogP contribution in [0, 0.1) is 0 Å². The van der Waals surface area contributed by atoms with Crippen molar-refractivity contribution in [3.63, 3.8) is 0 Å². The maximum absolute atomic E-state index is 13.1. The molecule has 5 nitrogen and oxygen atoms in total. The summed E-state index contributed by atoms with van der Waals surface area (Å²) in [6.45, 7) is 14.1. The normalized spacial score (nSPS) is 14.0. The molecule has 27 heavy (non-hydrogen) atoms. The number of fused-ring (bicyclic) bond motifs is 1. The molecule has 1 aromatic carbocycles. The maximum Gasteiger partial charge on any atom is 0.262 e. The lowest BCUT2D eigenvalue weighted by molar-refractivity contribution is -0.133. The minimum absolute atomic E-state index is 0.0192. The largest absolute Gasteiger partial charge is 0.337 e. The van der Waals surface area contributed by atoms with Crippen LogP contribution in [-0.4, -0.2) is 37.7 Å². The molecule has 0 N–H and O–H groups in total. The van der Waals surface area contributed by atoms with Crippen LogP contribution in [-0.2, 0) is 4.79 Å². The van der Waals surface area contributed by atoms with Crippen LogP contribution < -0.4 is 5.56 Å². The second-order valence-corrected chi connectivity index (χ2v) is 8.84. The van der Waals surface area contributed by atoms with E-state index >= 15 is 0 Å². The van der Waals surface area contributed by atoms with Gasteiger partial charge in [0.15, 0.2) is 5.16 Å². The third-order valence-electron chi connectivity index (χ3n) is 4.80. The lowest BCUT2D eigenvalue weighted by Crippen LogP contribution is -2.45. The Morgan fingerprint density at radius 1 is 1.11 bits per heavy atom. The number of nitrogens with zero attached hydrogens (tertiary/aromatic N) is 3. The Labute approximate surface area is 166 Å². The van der Waals surface area contributed by atoms with E-state index in [0.29, 0.717) is 16.1 Å². The lowest BCUT2D eigenvalue weighted by Gasteiger charge is -2.33. The van der Waals surface area contributed by atoms with Crippen molar-refractivity contribution >= 4 is 28.6 Å². The first kappa shape index (κ1) is 21.5. The Bertz CT molecular complexity index is 852. The number of carbonyl (C=O) groups is 1. The van der Waals surface area contributed by atoms with Crippen LogP contribution in [0.3, 0.4) is 0 Å². The first-order valence-corrected chi connectivity index (χ1v) is 10.6. The van der Waals surface area contributed by atoms with E-state index in [2.05, 4.69) is 6.92 Å². The highest BCUT2D eigenvalue weighted by Crippen LogP contribution is 2.27. The second-order valence-electron chi connectivity index (χ2n) is 7.54. The third kappa shape index (κ3) is 4.54. The Hall–Kier alpha value is -1.82. The molecule has 0 aliphatic rings. The van der Waals surface area contributed by atoms with Crippen molar-refractivity contribution in [2.75, 3.05) is 0 Å². The SMILES string of the molecule is CC[C@H](C)n1c(S[C@H](C)C(=O)N(C(C)C)C(C)C)nc2ccccc2c1=O. The zero-order valence-electron chi connectivity index (χ0n) is 17.4. The number of hydrogen-bond acceptors (Lipinski definition) is 4. The van der Waals surface area contributed by atoms with Gasteiger partial charge in [-0.1, -0.05) is 30.8 Å². The number of hydrogen-bond donors (Lipinski definition) is 0. The fourth-order valence-corrected chi connectivity index (χ4v) is 4.37. The highest BCUT2D eigenvalue weighted by molar-refractivity contribution is 8.00. The predicted octanol–water partition coefficient (Wildman–Crippen LogP) is 4.49. The summed E-state index contributed by atoms with van der Waals surface area (Å²) >= 11 is 1.37. The van der Waals surface area contributed by atoms with Gasteiger partial charge >= 0.3 is 0 Å². The molecule has 0 saturated heterocycles. The van der Waals surface area contributed by atoms with Crippen LogP contribution in [0.1, 0.15) is 60.9 Å².